The van der Waals surface area contributed by atoms with Crippen LogP contribution in [0.4, 0.5) is 4.79 Å². The number of aryl methyl sites for hydroxylation is 1. The molecule has 1 saturated heterocycles. The molecule has 198 valence electrons. The van der Waals surface area contributed by atoms with Gasteiger partial charge in [-0.1, -0.05) is 25.0 Å². The fourth-order valence-electron chi connectivity index (χ4n) is 5.33. The molecule has 11 nitrogen and oxygen atoms in total. The maximum Gasteiger partial charge on any atom is 0.407 e. The SMILES string of the molecule is CCOC1C2CCCCCc3nc4ccccc4nc3OC3CC(C(N)=O)N(C3)C(=O)CNC(=O)OC21. The molecule has 2 bridgehead atoms. The van der Waals surface area contributed by atoms with Crippen LogP contribution >= 0.6 is 0 Å². The van der Waals surface area contributed by atoms with Crippen LogP contribution in [0.25, 0.3) is 11.0 Å². The third kappa shape index (κ3) is 5.61. The molecule has 11 heteroatoms. The van der Waals surface area contributed by atoms with E-state index in [2.05, 4.69) is 5.32 Å². The molecule has 0 spiro atoms. The summed E-state index contributed by atoms with van der Waals surface area (Å²) in [4.78, 5) is 48.4. The number of para-hydroxylation sites is 2. The lowest BCUT2D eigenvalue weighted by Gasteiger charge is -2.22. The van der Waals surface area contributed by atoms with E-state index in [0.29, 0.717) is 24.4 Å². The summed E-state index contributed by atoms with van der Waals surface area (Å²) in [6, 6.07) is 6.76. The van der Waals surface area contributed by atoms with Crippen LogP contribution in [0.1, 0.15) is 44.7 Å². The van der Waals surface area contributed by atoms with Gasteiger partial charge < -0.3 is 30.2 Å². The third-order valence-corrected chi connectivity index (χ3v) is 7.26. The molecule has 2 aromatic rings. The number of nitrogens with two attached hydrogens (primary N) is 1. The first-order valence-corrected chi connectivity index (χ1v) is 13.0. The summed E-state index contributed by atoms with van der Waals surface area (Å²) in [6.45, 7) is 2.28. The second-order valence-electron chi connectivity index (χ2n) is 9.81. The molecule has 3 N–H and O–H groups in total. The van der Waals surface area contributed by atoms with Crippen molar-refractivity contribution in [2.24, 2.45) is 11.7 Å². The fourth-order valence-corrected chi connectivity index (χ4v) is 5.33. The molecule has 37 heavy (non-hydrogen) atoms. The van der Waals surface area contributed by atoms with Gasteiger partial charge in [-0.3, -0.25) is 9.59 Å². The summed E-state index contributed by atoms with van der Waals surface area (Å²) >= 11 is 0. The van der Waals surface area contributed by atoms with Crippen LogP contribution in [-0.2, 0) is 25.5 Å². The van der Waals surface area contributed by atoms with E-state index < -0.39 is 30.1 Å². The molecule has 5 unspecified atom stereocenters. The number of amides is 3. The molecule has 5 atom stereocenters. The zero-order valence-electron chi connectivity index (χ0n) is 20.9. The lowest BCUT2D eigenvalue weighted by molar-refractivity contribution is -0.136. The minimum atomic E-state index is -0.843. The third-order valence-electron chi connectivity index (χ3n) is 7.26. The van der Waals surface area contributed by atoms with Crippen LogP contribution in [0.2, 0.25) is 0 Å². The Hall–Kier alpha value is -3.47. The van der Waals surface area contributed by atoms with Crippen molar-refractivity contribution in [3.05, 3.63) is 30.0 Å². The molecule has 3 heterocycles. The van der Waals surface area contributed by atoms with E-state index in [1.807, 2.05) is 31.2 Å². The molecule has 1 aliphatic carbocycles. The van der Waals surface area contributed by atoms with Gasteiger partial charge in [0.05, 0.1) is 17.6 Å². The second-order valence-corrected chi connectivity index (χ2v) is 9.81. The first-order chi connectivity index (χ1) is 17.9. The highest BCUT2D eigenvalue weighted by Gasteiger charge is 2.54. The first kappa shape index (κ1) is 25.2. The zero-order valence-corrected chi connectivity index (χ0v) is 20.9. The predicted octanol–water partition coefficient (Wildman–Crippen LogP) is 1.71. The van der Waals surface area contributed by atoms with Crippen molar-refractivity contribution in [2.75, 3.05) is 19.7 Å². The second kappa shape index (κ2) is 10.9. The Bertz CT molecular complexity index is 1180. The van der Waals surface area contributed by atoms with E-state index in [0.717, 1.165) is 36.9 Å². The Morgan fingerprint density at radius 3 is 2.70 bits per heavy atom. The summed E-state index contributed by atoms with van der Waals surface area (Å²) in [7, 11) is 0. The van der Waals surface area contributed by atoms with Crippen LogP contribution in [0, 0.1) is 5.92 Å². The van der Waals surface area contributed by atoms with E-state index >= 15 is 0 Å². The lowest BCUT2D eigenvalue weighted by Crippen LogP contribution is -2.47. The minimum Gasteiger partial charge on any atom is -0.471 e. The number of fused-ring (bicyclic) bond motifs is 5. The standard InChI is InChI=1S/C26H33N5O6/c1-2-35-22-16-8-4-3-5-11-19-25(30-18-10-7-6-9-17(18)29-19)36-15-12-20(24(27)33)31(14-15)21(32)13-28-26(34)37-23(16)22/h6-7,9-10,15-16,20,22-23H,2-5,8,11-14H2,1H3,(H2,27,33)(H,28,34). The van der Waals surface area contributed by atoms with Gasteiger partial charge in [0.2, 0.25) is 17.7 Å². The van der Waals surface area contributed by atoms with Crippen molar-refractivity contribution in [1.29, 1.82) is 0 Å². The largest absolute Gasteiger partial charge is 0.471 e. The van der Waals surface area contributed by atoms with E-state index in [4.69, 9.17) is 29.9 Å². The smallest absolute Gasteiger partial charge is 0.407 e. The van der Waals surface area contributed by atoms with E-state index in [1.54, 1.807) is 0 Å². The number of aromatic nitrogens is 2. The van der Waals surface area contributed by atoms with Crippen LogP contribution in [0.3, 0.4) is 0 Å². The normalized spacial score (nSPS) is 28.7. The Balaban J connectivity index is 1.39. The highest BCUT2D eigenvalue weighted by atomic mass is 16.6. The summed E-state index contributed by atoms with van der Waals surface area (Å²) in [6.07, 6.45) is 3.01. The van der Waals surface area contributed by atoms with Crippen molar-refractivity contribution in [3.63, 3.8) is 0 Å². The number of primary amides is 1. The molecule has 3 aliphatic rings. The van der Waals surface area contributed by atoms with Crippen LogP contribution in [-0.4, -0.2) is 76.8 Å². The van der Waals surface area contributed by atoms with Gasteiger partial charge in [0.25, 0.3) is 0 Å². The Morgan fingerprint density at radius 2 is 1.95 bits per heavy atom. The van der Waals surface area contributed by atoms with E-state index in [-0.39, 0.29) is 37.6 Å². The maximum absolute atomic E-state index is 12.9. The van der Waals surface area contributed by atoms with Gasteiger partial charge in [0, 0.05) is 18.9 Å². The number of rotatable bonds is 3. The van der Waals surface area contributed by atoms with Gasteiger partial charge in [-0.15, -0.1) is 0 Å². The Labute approximate surface area is 215 Å². The summed E-state index contributed by atoms with van der Waals surface area (Å²) in [5.74, 6) is -0.509. The van der Waals surface area contributed by atoms with E-state index in [1.165, 1.54) is 4.90 Å². The summed E-state index contributed by atoms with van der Waals surface area (Å²) in [5.41, 5.74) is 7.87. The molecule has 0 radical (unpaired) electrons. The minimum absolute atomic E-state index is 0.126. The number of nitrogens with zero attached hydrogens (tertiary/aromatic N) is 3. The molecule has 2 aliphatic heterocycles. The highest BCUT2D eigenvalue weighted by Crippen LogP contribution is 2.41. The number of benzene rings is 1. The van der Waals surface area contributed by atoms with Crippen molar-refractivity contribution in [2.45, 2.75) is 69.8 Å². The molecular formula is C26H33N5O6. The van der Waals surface area contributed by atoms with Crippen molar-refractivity contribution in [1.82, 2.24) is 20.2 Å². The number of ether oxygens (including phenoxy) is 3. The fraction of sp³-hybridized carbons (Fsp3) is 0.577. The number of carbonyl (C=O) groups is 3. The van der Waals surface area contributed by atoms with Crippen LogP contribution < -0.4 is 15.8 Å². The van der Waals surface area contributed by atoms with Gasteiger partial charge in [0.1, 0.15) is 36.6 Å². The van der Waals surface area contributed by atoms with Crippen LogP contribution in [0.5, 0.6) is 5.88 Å². The molecule has 3 amide bonds. The van der Waals surface area contributed by atoms with Gasteiger partial charge in [-0.25, -0.2) is 14.8 Å². The number of hydrogen-bond donors (Lipinski definition) is 2. The van der Waals surface area contributed by atoms with E-state index in [9.17, 15) is 14.4 Å². The molecular weight excluding hydrogens is 478 g/mol. The average Bonchev–Trinajstić information content (AvgIpc) is 3.31. The number of carbonyl (C=O) groups excluding carboxylic acids is 3. The maximum atomic E-state index is 12.9. The summed E-state index contributed by atoms with van der Waals surface area (Å²) in [5, 5.41) is 2.51. The first-order valence-electron chi connectivity index (χ1n) is 13.0. The molecule has 1 saturated carbocycles. The lowest BCUT2D eigenvalue weighted by atomic mass is 10.1. The monoisotopic (exact) mass is 511 g/mol. The van der Waals surface area contributed by atoms with Gasteiger partial charge in [0.15, 0.2) is 0 Å². The van der Waals surface area contributed by atoms with Crippen LogP contribution in [0.15, 0.2) is 24.3 Å². The molecule has 5 rings (SSSR count). The Morgan fingerprint density at radius 1 is 1.16 bits per heavy atom. The number of alkyl carbamates (subject to hydrolysis) is 1. The van der Waals surface area contributed by atoms with Crippen molar-refractivity contribution >= 4 is 28.9 Å². The molecule has 2 fully saturated rings. The Kier molecular flexibility index (Phi) is 7.40. The topological polar surface area (TPSA) is 146 Å². The van der Waals surface area contributed by atoms with Crippen molar-refractivity contribution in [3.8, 4) is 5.88 Å². The highest BCUT2D eigenvalue weighted by molar-refractivity contribution is 5.89. The molecule has 1 aromatic carbocycles. The van der Waals surface area contributed by atoms with Crippen molar-refractivity contribution < 1.29 is 28.6 Å². The number of nitrogens with one attached hydrogen (secondary N) is 1. The quantitative estimate of drug-likeness (QED) is 0.633. The zero-order chi connectivity index (χ0) is 25.9. The van der Waals surface area contributed by atoms with Gasteiger partial charge in [-0.05, 0) is 38.3 Å². The average molecular weight is 512 g/mol. The number of hydrogen-bond acceptors (Lipinski definition) is 8. The molecule has 1 aromatic heterocycles. The summed E-state index contributed by atoms with van der Waals surface area (Å²) < 4.78 is 17.5. The predicted molar refractivity (Wildman–Crippen MR) is 133 cm³/mol. The van der Waals surface area contributed by atoms with Gasteiger partial charge >= 0.3 is 6.09 Å². The van der Waals surface area contributed by atoms with Gasteiger partial charge in [-0.2, -0.15) is 0 Å².